The highest BCUT2D eigenvalue weighted by Gasteiger charge is 2.33. The second-order valence-corrected chi connectivity index (χ2v) is 6.05. The predicted octanol–water partition coefficient (Wildman–Crippen LogP) is 4.21. The Balaban J connectivity index is 1.83. The summed E-state index contributed by atoms with van der Waals surface area (Å²) < 4.78 is 38.7. The number of carbonyl (C=O) groups is 1. The molecule has 2 nitrogen and oxygen atoms in total. The van der Waals surface area contributed by atoms with Crippen molar-refractivity contribution in [3.05, 3.63) is 53.1 Å². The number of carbonyl (C=O) groups excluding carboxylic acids is 1. The highest BCUT2D eigenvalue weighted by molar-refractivity contribution is 6.03. The first kappa shape index (κ1) is 14.3. The van der Waals surface area contributed by atoms with Gasteiger partial charge in [0.05, 0.1) is 17.7 Å². The van der Waals surface area contributed by atoms with Gasteiger partial charge in [-0.25, -0.2) is 0 Å². The summed E-state index contributed by atoms with van der Waals surface area (Å²) >= 11 is 0. The van der Waals surface area contributed by atoms with Crippen LogP contribution in [0.25, 0.3) is 11.1 Å². The van der Waals surface area contributed by atoms with Crippen LogP contribution in [0.1, 0.15) is 23.1 Å². The van der Waals surface area contributed by atoms with Gasteiger partial charge in [0.25, 0.3) is 0 Å². The summed E-state index contributed by atoms with van der Waals surface area (Å²) in [5, 5.41) is 0. The van der Waals surface area contributed by atoms with Crippen LogP contribution >= 0.6 is 0 Å². The number of halogens is 3. The van der Waals surface area contributed by atoms with Gasteiger partial charge < -0.3 is 4.90 Å². The summed E-state index contributed by atoms with van der Waals surface area (Å²) in [4.78, 5) is 13.9. The minimum atomic E-state index is -4.35. The van der Waals surface area contributed by atoms with Gasteiger partial charge in [-0.3, -0.25) is 4.79 Å². The van der Waals surface area contributed by atoms with E-state index >= 15 is 0 Å². The molecule has 0 atom stereocenters. The molecule has 2 aliphatic heterocycles. The zero-order valence-corrected chi connectivity index (χ0v) is 12.3. The van der Waals surface area contributed by atoms with E-state index in [9.17, 15) is 18.0 Å². The number of rotatable bonds is 1. The third kappa shape index (κ3) is 2.31. The summed E-state index contributed by atoms with van der Waals surface area (Å²) in [5.41, 5.74) is 3.61. The van der Waals surface area contributed by atoms with E-state index in [4.69, 9.17) is 0 Å². The van der Waals surface area contributed by atoms with Crippen LogP contribution in [0.5, 0.6) is 0 Å². The van der Waals surface area contributed by atoms with Crippen molar-refractivity contribution in [2.75, 3.05) is 11.4 Å². The number of benzene rings is 2. The molecule has 4 rings (SSSR count). The molecule has 23 heavy (non-hydrogen) atoms. The van der Waals surface area contributed by atoms with Crippen LogP contribution < -0.4 is 4.90 Å². The van der Waals surface area contributed by atoms with Gasteiger partial charge in [0.15, 0.2) is 0 Å². The average molecular weight is 317 g/mol. The monoisotopic (exact) mass is 317 g/mol. The Morgan fingerprint density at radius 2 is 1.78 bits per heavy atom. The molecule has 1 amide bonds. The molecule has 2 aliphatic rings. The molecule has 0 fully saturated rings. The van der Waals surface area contributed by atoms with Crippen molar-refractivity contribution in [2.45, 2.75) is 25.4 Å². The third-order valence-electron chi connectivity index (χ3n) is 4.53. The standard InChI is InChI=1S/C18H14F3NO/c19-18(20,21)15-5-1-3-11(9-15)13-7-12-4-2-6-22-16(23)10-14(8-13)17(12)22/h1,3,5,7-9H,2,4,6,10H2. The molecule has 0 bridgehead atoms. The van der Waals surface area contributed by atoms with Gasteiger partial charge in [-0.2, -0.15) is 13.2 Å². The maximum Gasteiger partial charge on any atom is 0.416 e. The average Bonchev–Trinajstić information content (AvgIpc) is 2.84. The Labute approximate surface area is 131 Å². The zero-order chi connectivity index (χ0) is 16.2. The minimum Gasteiger partial charge on any atom is -0.312 e. The predicted molar refractivity (Wildman–Crippen MR) is 81.3 cm³/mol. The maximum atomic E-state index is 12.9. The van der Waals surface area contributed by atoms with Crippen LogP contribution in [-0.2, 0) is 23.8 Å². The SMILES string of the molecule is O=C1Cc2cc(-c3cccc(C(F)(F)F)c3)cc3c2N1CCC3. The van der Waals surface area contributed by atoms with Crippen LogP contribution in [0.2, 0.25) is 0 Å². The number of anilines is 1. The molecule has 2 aromatic rings. The number of nitrogens with zero attached hydrogens (tertiary/aromatic N) is 1. The summed E-state index contributed by atoms with van der Waals surface area (Å²) in [5.74, 6) is 0.0853. The van der Waals surface area contributed by atoms with Crippen molar-refractivity contribution in [2.24, 2.45) is 0 Å². The van der Waals surface area contributed by atoms with Gasteiger partial charge >= 0.3 is 6.18 Å². The van der Waals surface area contributed by atoms with Gasteiger partial charge in [0.2, 0.25) is 5.91 Å². The van der Waals surface area contributed by atoms with Crippen LogP contribution in [-0.4, -0.2) is 12.5 Å². The fraction of sp³-hybridized carbons (Fsp3) is 0.278. The highest BCUT2D eigenvalue weighted by atomic mass is 19.4. The van der Waals surface area contributed by atoms with Crippen molar-refractivity contribution in [1.29, 1.82) is 0 Å². The first-order chi connectivity index (χ1) is 10.9. The molecule has 5 heteroatoms. The van der Waals surface area contributed by atoms with E-state index in [1.54, 1.807) is 6.07 Å². The Hall–Kier alpha value is -2.30. The van der Waals surface area contributed by atoms with E-state index < -0.39 is 11.7 Å². The smallest absolute Gasteiger partial charge is 0.312 e. The molecule has 0 aromatic heterocycles. The quantitative estimate of drug-likeness (QED) is 0.771. The second-order valence-electron chi connectivity index (χ2n) is 6.05. The fourth-order valence-corrected chi connectivity index (χ4v) is 3.52. The second kappa shape index (κ2) is 4.85. The summed E-state index contributed by atoms with van der Waals surface area (Å²) in [6.45, 7) is 0.738. The summed E-state index contributed by atoms with van der Waals surface area (Å²) in [6.07, 6.45) is -2.26. The lowest BCUT2D eigenvalue weighted by atomic mass is 9.93. The molecule has 2 heterocycles. The lowest BCUT2D eigenvalue weighted by Crippen LogP contribution is -2.31. The molecule has 0 aliphatic carbocycles. The summed E-state index contributed by atoms with van der Waals surface area (Å²) in [6, 6.07) is 9.14. The van der Waals surface area contributed by atoms with Crippen molar-refractivity contribution in [3.8, 4) is 11.1 Å². The molecule has 0 unspecified atom stereocenters. The van der Waals surface area contributed by atoms with E-state index in [-0.39, 0.29) is 5.91 Å². The van der Waals surface area contributed by atoms with Crippen LogP contribution in [0.4, 0.5) is 18.9 Å². The van der Waals surface area contributed by atoms with Gasteiger partial charge in [0, 0.05) is 6.54 Å². The number of alkyl halides is 3. The third-order valence-corrected chi connectivity index (χ3v) is 4.53. The van der Waals surface area contributed by atoms with Gasteiger partial charge in [-0.05, 0) is 59.4 Å². The van der Waals surface area contributed by atoms with Crippen molar-refractivity contribution in [1.82, 2.24) is 0 Å². The Kier molecular flexibility index (Phi) is 3.01. The number of amides is 1. The molecular weight excluding hydrogens is 303 g/mol. The normalized spacial score (nSPS) is 16.7. The van der Waals surface area contributed by atoms with Gasteiger partial charge in [-0.1, -0.05) is 12.1 Å². The van der Waals surface area contributed by atoms with Crippen molar-refractivity contribution >= 4 is 11.6 Å². The van der Waals surface area contributed by atoms with Crippen LogP contribution in [0.3, 0.4) is 0 Å². The Morgan fingerprint density at radius 3 is 2.57 bits per heavy atom. The van der Waals surface area contributed by atoms with Crippen LogP contribution in [0, 0.1) is 0 Å². The van der Waals surface area contributed by atoms with Gasteiger partial charge in [0.1, 0.15) is 0 Å². The maximum absolute atomic E-state index is 12.9. The van der Waals surface area contributed by atoms with E-state index in [0.717, 1.165) is 47.8 Å². The summed E-state index contributed by atoms with van der Waals surface area (Å²) in [7, 11) is 0. The number of aryl methyl sites for hydroxylation is 1. The molecular formula is C18H14F3NO. The van der Waals surface area contributed by atoms with Crippen molar-refractivity contribution < 1.29 is 18.0 Å². The fourth-order valence-electron chi connectivity index (χ4n) is 3.52. The van der Waals surface area contributed by atoms with Gasteiger partial charge in [-0.15, -0.1) is 0 Å². The topological polar surface area (TPSA) is 20.3 Å². The molecule has 118 valence electrons. The van der Waals surface area contributed by atoms with E-state index in [1.807, 2.05) is 17.0 Å². The minimum absolute atomic E-state index is 0.0853. The van der Waals surface area contributed by atoms with Crippen molar-refractivity contribution in [3.63, 3.8) is 0 Å². The highest BCUT2D eigenvalue weighted by Crippen LogP contribution is 2.40. The number of hydrogen-bond donors (Lipinski definition) is 0. The number of hydrogen-bond acceptors (Lipinski definition) is 1. The zero-order valence-electron chi connectivity index (χ0n) is 12.3. The molecule has 0 N–H and O–H groups in total. The lowest BCUT2D eigenvalue weighted by Gasteiger charge is -2.26. The van der Waals surface area contributed by atoms with E-state index in [0.29, 0.717) is 12.0 Å². The molecule has 0 saturated carbocycles. The molecule has 0 radical (unpaired) electrons. The molecule has 0 spiro atoms. The first-order valence-electron chi connectivity index (χ1n) is 7.57. The molecule has 0 saturated heterocycles. The molecule has 2 aromatic carbocycles. The largest absolute Gasteiger partial charge is 0.416 e. The van der Waals surface area contributed by atoms with E-state index in [1.165, 1.54) is 12.1 Å². The Morgan fingerprint density at radius 1 is 1.00 bits per heavy atom. The first-order valence-corrected chi connectivity index (χ1v) is 7.57. The lowest BCUT2D eigenvalue weighted by molar-refractivity contribution is -0.137. The van der Waals surface area contributed by atoms with Crippen LogP contribution in [0.15, 0.2) is 36.4 Å². The van der Waals surface area contributed by atoms with E-state index in [2.05, 4.69) is 0 Å². The Bertz CT molecular complexity index is 810.